The van der Waals surface area contributed by atoms with E-state index < -0.39 is 22.2 Å². The van der Waals surface area contributed by atoms with E-state index in [9.17, 15) is 24.1 Å². The van der Waals surface area contributed by atoms with E-state index in [1.54, 1.807) is 12.1 Å². The molecule has 6 aliphatic rings. The maximum absolute atomic E-state index is 11.7. The summed E-state index contributed by atoms with van der Waals surface area (Å²) in [5.74, 6) is 2.61. The van der Waals surface area contributed by atoms with Crippen molar-refractivity contribution in [1.82, 2.24) is 10.2 Å². The standard InChI is InChI=1S/C42H66N2O5S/c1-37(2)30(28-8-10-29(11-9-28)36(45)46)14-17-39(5)33(37)16-18-41(7)34(39)13-12-32-35-31(38(3,4)47)15-19-42(35,21-20-40(32,41)6)43-22-23-44-24-26-50(48,49)27-25-44/h8-11,14,31-35,43,47-49H,12-13,15-27H2,1-7H3,(H,45,46)/t31-,32-,33+,34-,35-,39+,40-,41-,42+/m1/s1. The third-order valence-corrected chi connectivity index (χ3v) is 18.4. The van der Waals surface area contributed by atoms with Gasteiger partial charge in [0.2, 0.25) is 0 Å². The number of benzene rings is 1. The van der Waals surface area contributed by atoms with Gasteiger partial charge in [-0.1, -0.05) is 52.8 Å². The lowest BCUT2D eigenvalue weighted by atomic mass is 9.32. The Morgan fingerprint density at radius 3 is 2.22 bits per heavy atom. The van der Waals surface area contributed by atoms with Gasteiger partial charge in [-0.2, -0.15) is 10.6 Å². The SMILES string of the molecule is CC(C)(O)[C@@H]1CC[C@]2(NCCN3CCS(O)(O)CC3)CC[C@]3(C)[C@H](CC[C@@H]4[C@@]5(C)CC=C(c6ccc(C(=O)O)cc6)C(C)(C)[C@@H]5CC[C@]43C)[C@@H]12. The first-order chi connectivity index (χ1) is 23.3. The Labute approximate surface area is 303 Å². The van der Waals surface area contributed by atoms with Gasteiger partial charge in [-0.05, 0) is 146 Å². The molecule has 1 aromatic carbocycles. The molecule has 5 aliphatic carbocycles. The number of carboxylic acids is 1. The highest BCUT2D eigenvalue weighted by atomic mass is 32.3. The Bertz CT molecular complexity index is 1490. The van der Waals surface area contributed by atoms with Crippen molar-refractivity contribution < 1.29 is 24.1 Å². The number of nitrogens with zero attached hydrogens (tertiary/aromatic N) is 1. The molecule has 7 rings (SSSR count). The monoisotopic (exact) mass is 710 g/mol. The zero-order valence-electron chi connectivity index (χ0n) is 31.9. The van der Waals surface area contributed by atoms with Crippen molar-refractivity contribution >= 4 is 22.1 Å². The van der Waals surface area contributed by atoms with Gasteiger partial charge < -0.3 is 15.5 Å². The number of nitrogens with one attached hydrogen (secondary N) is 1. The summed E-state index contributed by atoms with van der Waals surface area (Å²) < 4.78 is 20.3. The molecule has 1 aliphatic heterocycles. The first-order valence-electron chi connectivity index (χ1n) is 19.8. The van der Waals surface area contributed by atoms with Crippen LogP contribution >= 0.6 is 10.6 Å². The van der Waals surface area contributed by atoms with Crippen molar-refractivity contribution in [2.75, 3.05) is 37.7 Å². The van der Waals surface area contributed by atoms with Gasteiger partial charge in [-0.25, -0.2) is 4.79 Å². The van der Waals surface area contributed by atoms with Gasteiger partial charge in [-0.3, -0.25) is 14.0 Å². The summed E-state index contributed by atoms with van der Waals surface area (Å²) in [4.78, 5) is 14.0. The molecular formula is C42H66N2O5S. The van der Waals surface area contributed by atoms with E-state index in [-0.39, 0.29) is 33.1 Å². The van der Waals surface area contributed by atoms with Crippen LogP contribution in [0.5, 0.6) is 0 Å². The van der Waals surface area contributed by atoms with Crippen LogP contribution in [-0.4, -0.2) is 79.0 Å². The number of fused-ring (bicyclic) bond motifs is 7. The summed E-state index contributed by atoms with van der Waals surface area (Å²) in [5, 5.41) is 25.4. The van der Waals surface area contributed by atoms with Crippen LogP contribution in [0.3, 0.4) is 0 Å². The molecule has 4 saturated carbocycles. The minimum absolute atomic E-state index is 0.00849. The maximum Gasteiger partial charge on any atom is 0.335 e. The summed E-state index contributed by atoms with van der Waals surface area (Å²) in [6.45, 7) is 20.4. The summed E-state index contributed by atoms with van der Waals surface area (Å²) in [6.07, 6.45) is 13.2. The molecule has 0 bridgehead atoms. The lowest BCUT2D eigenvalue weighted by Crippen LogP contribution is -2.68. The van der Waals surface area contributed by atoms with E-state index in [4.69, 9.17) is 0 Å². The molecule has 9 atom stereocenters. The van der Waals surface area contributed by atoms with E-state index in [0.29, 0.717) is 40.7 Å². The highest BCUT2D eigenvalue weighted by Crippen LogP contribution is 2.76. The summed E-state index contributed by atoms with van der Waals surface area (Å²) in [6, 6.07) is 7.55. The molecule has 8 heteroatoms. The van der Waals surface area contributed by atoms with Crippen molar-refractivity contribution in [2.45, 2.75) is 117 Å². The fraction of sp³-hybridized carbons (Fsp3) is 0.786. The van der Waals surface area contributed by atoms with Gasteiger partial charge in [0, 0.05) is 31.7 Å². The van der Waals surface area contributed by atoms with Crippen molar-refractivity contribution in [2.24, 2.45) is 51.2 Å². The molecule has 0 spiro atoms. The minimum atomic E-state index is -2.39. The van der Waals surface area contributed by atoms with Crippen molar-refractivity contribution in [3.8, 4) is 0 Å². The third-order valence-electron chi connectivity index (χ3n) is 16.7. The van der Waals surface area contributed by atoms with Crippen LogP contribution in [-0.2, 0) is 0 Å². The Hall–Kier alpha value is -1.42. The molecule has 7 nitrogen and oxygen atoms in total. The van der Waals surface area contributed by atoms with Crippen LogP contribution in [0.25, 0.3) is 5.57 Å². The summed E-state index contributed by atoms with van der Waals surface area (Å²) >= 11 is 0. The lowest BCUT2D eigenvalue weighted by molar-refractivity contribution is -0.225. The second-order valence-corrected chi connectivity index (χ2v) is 22.0. The maximum atomic E-state index is 11.7. The highest BCUT2D eigenvalue weighted by Gasteiger charge is 2.71. The minimum Gasteiger partial charge on any atom is -0.478 e. The second kappa shape index (κ2) is 12.3. The fourth-order valence-corrected chi connectivity index (χ4v) is 15.3. The molecule has 0 amide bonds. The number of aromatic carboxylic acids is 1. The molecule has 1 aromatic rings. The van der Waals surface area contributed by atoms with Gasteiger partial charge in [0.05, 0.1) is 22.7 Å². The Kier molecular flexibility index (Phi) is 9.09. The van der Waals surface area contributed by atoms with E-state index in [1.807, 2.05) is 12.1 Å². The van der Waals surface area contributed by atoms with Crippen molar-refractivity contribution in [3.63, 3.8) is 0 Å². The van der Waals surface area contributed by atoms with Crippen LogP contribution in [0.4, 0.5) is 0 Å². The summed E-state index contributed by atoms with van der Waals surface area (Å²) in [5.41, 5.74) is 2.84. The Balaban J connectivity index is 1.15. The largest absolute Gasteiger partial charge is 0.478 e. The van der Waals surface area contributed by atoms with Crippen molar-refractivity contribution in [3.05, 3.63) is 41.5 Å². The van der Waals surface area contributed by atoms with Crippen LogP contribution in [0.2, 0.25) is 0 Å². The number of hydrogen-bond donors (Lipinski definition) is 5. The van der Waals surface area contributed by atoms with Gasteiger partial charge in [-0.15, -0.1) is 0 Å². The average molecular weight is 711 g/mol. The average Bonchev–Trinajstić information content (AvgIpc) is 3.42. The molecule has 1 heterocycles. The van der Waals surface area contributed by atoms with Gasteiger partial charge in [0.15, 0.2) is 0 Å². The normalized spacial score (nSPS) is 43.1. The molecule has 1 saturated heterocycles. The third kappa shape index (κ3) is 5.68. The number of carboxylic acid groups (broad SMARTS) is 1. The number of carbonyl (C=O) groups is 1. The zero-order valence-corrected chi connectivity index (χ0v) is 32.7. The topological polar surface area (TPSA) is 113 Å². The molecule has 0 aromatic heterocycles. The number of aliphatic hydroxyl groups is 1. The van der Waals surface area contributed by atoms with E-state index in [2.05, 4.69) is 64.8 Å². The zero-order chi connectivity index (χ0) is 36.1. The first-order valence-corrected chi connectivity index (χ1v) is 21.6. The number of allylic oxidation sites excluding steroid dienone is 2. The number of hydrogen-bond acceptors (Lipinski definition) is 6. The van der Waals surface area contributed by atoms with Crippen LogP contribution in [0, 0.1) is 51.2 Å². The molecule has 280 valence electrons. The molecule has 0 unspecified atom stereocenters. The van der Waals surface area contributed by atoms with Gasteiger partial charge in [0.25, 0.3) is 0 Å². The van der Waals surface area contributed by atoms with Gasteiger partial charge >= 0.3 is 5.97 Å². The molecule has 5 fully saturated rings. The van der Waals surface area contributed by atoms with E-state index in [0.717, 1.165) is 51.0 Å². The lowest BCUT2D eigenvalue weighted by Gasteiger charge is -2.72. The second-order valence-electron chi connectivity index (χ2n) is 19.6. The van der Waals surface area contributed by atoms with Gasteiger partial charge in [0.1, 0.15) is 0 Å². The summed E-state index contributed by atoms with van der Waals surface area (Å²) in [7, 11) is -2.39. The van der Waals surface area contributed by atoms with Crippen LogP contribution < -0.4 is 5.32 Å². The first kappa shape index (κ1) is 36.9. The Morgan fingerprint density at radius 2 is 1.58 bits per heavy atom. The smallest absolute Gasteiger partial charge is 0.335 e. The van der Waals surface area contributed by atoms with E-state index in [1.165, 1.54) is 44.1 Å². The van der Waals surface area contributed by atoms with Crippen LogP contribution in [0.1, 0.15) is 122 Å². The predicted octanol–water partition coefficient (Wildman–Crippen LogP) is 8.64. The van der Waals surface area contributed by atoms with Crippen molar-refractivity contribution in [1.29, 1.82) is 0 Å². The molecular weight excluding hydrogens is 645 g/mol. The molecule has 0 radical (unpaired) electrons. The predicted molar refractivity (Wildman–Crippen MR) is 205 cm³/mol. The molecule has 5 N–H and O–H groups in total. The highest BCUT2D eigenvalue weighted by molar-refractivity contribution is 8.24. The fourth-order valence-electron chi connectivity index (χ4n) is 14.0. The van der Waals surface area contributed by atoms with E-state index >= 15 is 0 Å². The Morgan fingerprint density at radius 1 is 0.900 bits per heavy atom. The molecule has 50 heavy (non-hydrogen) atoms. The van der Waals surface area contributed by atoms with Crippen LogP contribution in [0.15, 0.2) is 30.3 Å². The number of rotatable bonds is 7. The quantitative estimate of drug-likeness (QED) is 0.193.